The van der Waals surface area contributed by atoms with Gasteiger partial charge in [0.2, 0.25) is 11.8 Å². The number of benzene rings is 2. The standard InChI is InChI=1S/C22H24FN3O3/c1-29-20-7-5-18(6-8-20)24-9-11-25(12-10-24)22(28)16-13-21(27)26(15-16)19-4-2-3-17(23)14-19/h2-8,14,16H,9-13,15H2,1H3. The predicted octanol–water partition coefficient (Wildman–Crippen LogP) is 2.54. The third-order valence-corrected chi connectivity index (χ3v) is 5.62. The molecular weight excluding hydrogens is 373 g/mol. The van der Waals surface area contributed by atoms with Gasteiger partial charge in [-0.25, -0.2) is 4.39 Å². The van der Waals surface area contributed by atoms with Crippen LogP contribution in [0.4, 0.5) is 15.8 Å². The Kier molecular flexibility index (Phi) is 5.38. The van der Waals surface area contributed by atoms with Crippen LogP contribution < -0.4 is 14.5 Å². The van der Waals surface area contributed by atoms with Crippen LogP contribution in [0.2, 0.25) is 0 Å². The van der Waals surface area contributed by atoms with Crippen molar-refractivity contribution in [2.75, 3.05) is 49.6 Å². The summed E-state index contributed by atoms with van der Waals surface area (Å²) in [7, 11) is 1.64. The van der Waals surface area contributed by atoms with E-state index in [1.54, 1.807) is 19.2 Å². The zero-order chi connectivity index (χ0) is 20.4. The largest absolute Gasteiger partial charge is 0.497 e. The van der Waals surface area contributed by atoms with Crippen LogP contribution >= 0.6 is 0 Å². The van der Waals surface area contributed by atoms with Crippen LogP contribution in [0.3, 0.4) is 0 Å². The van der Waals surface area contributed by atoms with Crippen molar-refractivity contribution in [1.29, 1.82) is 0 Å². The van der Waals surface area contributed by atoms with Gasteiger partial charge in [0.25, 0.3) is 0 Å². The predicted molar refractivity (Wildman–Crippen MR) is 109 cm³/mol. The van der Waals surface area contributed by atoms with Gasteiger partial charge in [-0.05, 0) is 42.5 Å². The van der Waals surface area contributed by atoms with E-state index in [2.05, 4.69) is 4.90 Å². The van der Waals surface area contributed by atoms with E-state index in [0.29, 0.717) is 25.3 Å². The van der Waals surface area contributed by atoms with E-state index in [0.717, 1.165) is 24.5 Å². The molecule has 7 heteroatoms. The fraction of sp³-hybridized carbons (Fsp3) is 0.364. The number of carbonyl (C=O) groups is 2. The molecule has 152 valence electrons. The Balaban J connectivity index is 1.35. The van der Waals surface area contributed by atoms with Crippen molar-refractivity contribution in [3.63, 3.8) is 0 Å². The second-order valence-electron chi connectivity index (χ2n) is 7.40. The molecule has 1 unspecified atom stereocenters. The number of methoxy groups -OCH3 is 1. The summed E-state index contributed by atoms with van der Waals surface area (Å²) in [5.74, 6) is -0.0770. The van der Waals surface area contributed by atoms with Crippen molar-refractivity contribution >= 4 is 23.2 Å². The minimum atomic E-state index is -0.389. The number of rotatable bonds is 4. The van der Waals surface area contributed by atoms with Gasteiger partial charge in [-0.1, -0.05) is 6.07 Å². The molecule has 0 spiro atoms. The fourth-order valence-corrected chi connectivity index (χ4v) is 4.00. The second kappa shape index (κ2) is 8.11. The van der Waals surface area contributed by atoms with E-state index < -0.39 is 0 Å². The van der Waals surface area contributed by atoms with Gasteiger partial charge in [-0.3, -0.25) is 9.59 Å². The number of amides is 2. The molecule has 29 heavy (non-hydrogen) atoms. The van der Waals surface area contributed by atoms with Crippen LogP contribution in [-0.2, 0) is 9.59 Å². The lowest BCUT2D eigenvalue weighted by atomic mass is 10.1. The van der Waals surface area contributed by atoms with Crippen molar-refractivity contribution in [2.45, 2.75) is 6.42 Å². The average Bonchev–Trinajstić information content (AvgIpc) is 3.15. The molecule has 6 nitrogen and oxygen atoms in total. The number of ether oxygens (including phenoxy) is 1. The summed E-state index contributed by atoms with van der Waals surface area (Å²) in [4.78, 5) is 30.9. The molecule has 2 aliphatic heterocycles. The van der Waals surface area contributed by atoms with Gasteiger partial charge in [0.05, 0.1) is 13.0 Å². The van der Waals surface area contributed by atoms with Gasteiger partial charge < -0.3 is 19.4 Å². The molecule has 2 aromatic carbocycles. The summed E-state index contributed by atoms with van der Waals surface area (Å²) in [6.45, 7) is 3.03. The molecule has 4 rings (SSSR count). The van der Waals surface area contributed by atoms with Crippen LogP contribution in [-0.4, -0.2) is 56.5 Å². The van der Waals surface area contributed by atoms with E-state index in [9.17, 15) is 14.0 Å². The Morgan fingerprint density at radius 1 is 1.03 bits per heavy atom. The van der Waals surface area contributed by atoms with Crippen molar-refractivity contribution in [1.82, 2.24) is 4.90 Å². The number of halogens is 1. The molecule has 2 heterocycles. The van der Waals surface area contributed by atoms with E-state index in [1.807, 2.05) is 29.2 Å². The zero-order valence-corrected chi connectivity index (χ0v) is 16.4. The highest BCUT2D eigenvalue weighted by molar-refractivity contribution is 6.00. The summed E-state index contributed by atoms with van der Waals surface area (Å²) in [5.41, 5.74) is 1.61. The maximum Gasteiger partial charge on any atom is 0.228 e. The zero-order valence-electron chi connectivity index (χ0n) is 16.4. The Hall–Kier alpha value is -3.09. The fourth-order valence-electron chi connectivity index (χ4n) is 4.00. The lowest BCUT2D eigenvalue weighted by molar-refractivity contribution is -0.136. The Morgan fingerprint density at radius 2 is 1.76 bits per heavy atom. The molecule has 2 fully saturated rings. The highest BCUT2D eigenvalue weighted by atomic mass is 19.1. The van der Waals surface area contributed by atoms with E-state index >= 15 is 0 Å². The maximum absolute atomic E-state index is 13.5. The van der Waals surface area contributed by atoms with Crippen molar-refractivity contribution < 1.29 is 18.7 Å². The molecule has 1 atom stereocenters. The van der Waals surface area contributed by atoms with Gasteiger partial charge in [0.1, 0.15) is 11.6 Å². The van der Waals surface area contributed by atoms with Gasteiger partial charge >= 0.3 is 0 Å². The van der Waals surface area contributed by atoms with Gasteiger partial charge in [-0.15, -0.1) is 0 Å². The molecule has 2 amide bonds. The normalized spacial score (nSPS) is 19.6. The SMILES string of the molecule is COc1ccc(N2CCN(C(=O)C3CC(=O)N(c4cccc(F)c4)C3)CC2)cc1. The Morgan fingerprint density at radius 3 is 2.41 bits per heavy atom. The summed E-state index contributed by atoms with van der Waals surface area (Å²) >= 11 is 0. The van der Waals surface area contributed by atoms with Crippen molar-refractivity contribution in [3.05, 3.63) is 54.3 Å². The molecular formula is C22H24FN3O3. The summed E-state index contributed by atoms with van der Waals surface area (Å²) in [6, 6.07) is 13.8. The second-order valence-corrected chi connectivity index (χ2v) is 7.40. The Labute approximate surface area is 169 Å². The van der Waals surface area contributed by atoms with E-state index in [4.69, 9.17) is 4.74 Å². The third-order valence-electron chi connectivity index (χ3n) is 5.62. The monoisotopic (exact) mass is 397 g/mol. The highest BCUT2D eigenvalue weighted by Gasteiger charge is 2.38. The minimum absolute atomic E-state index is 0.00614. The first-order valence-corrected chi connectivity index (χ1v) is 9.79. The number of nitrogens with zero attached hydrogens (tertiary/aromatic N) is 3. The lowest BCUT2D eigenvalue weighted by Crippen LogP contribution is -2.50. The molecule has 0 aliphatic carbocycles. The van der Waals surface area contributed by atoms with Gasteiger partial charge in [-0.2, -0.15) is 0 Å². The third kappa shape index (κ3) is 4.04. The number of carbonyl (C=O) groups excluding carboxylic acids is 2. The molecule has 0 saturated carbocycles. The van der Waals surface area contributed by atoms with Crippen LogP contribution in [0.25, 0.3) is 0 Å². The number of hydrogen-bond donors (Lipinski definition) is 0. The van der Waals surface area contributed by atoms with Crippen LogP contribution in [0.1, 0.15) is 6.42 Å². The molecule has 2 saturated heterocycles. The highest BCUT2D eigenvalue weighted by Crippen LogP contribution is 2.27. The van der Waals surface area contributed by atoms with Crippen molar-refractivity contribution in [3.8, 4) is 5.75 Å². The smallest absolute Gasteiger partial charge is 0.228 e. The number of hydrogen-bond acceptors (Lipinski definition) is 4. The quantitative estimate of drug-likeness (QED) is 0.796. The molecule has 0 aromatic heterocycles. The van der Waals surface area contributed by atoms with Gasteiger partial charge in [0.15, 0.2) is 0 Å². The number of anilines is 2. The first kappa shape index (κ1) is 19.2. The molecule has 2 aliphatic rings. The first-order valence-electron chi connectivity index (χ1n) is 9.79. The van der Waals surface area contributed by atoms with E-state index in [-0.39, 0.29) is 30.0 Å². The summed E-state index contributed by atoms with van der Waals surface area (Å²) < 4.78 is 18.7. The van der Waals surface area contributed by atoms with Gasteiger partial charge in [0, 0.05) is 50.5 Å². The number of piperazine rings is 1. The molecule has 2 aromatic rings. The summed E-state index contributed by atoms with van der Waals surface area (Å²) in [5, 5.41) is 0. The average molecular weight is 397 g/mol. The topological polar surface area (TPSA) is 53.1 Å². The van der Waals surface area contributed by atoms with Crippen molar-refractivity contribution in [2.24, 2.45) is 5.92 Å². The van der Waals surface area contributed by atoms with Crippen LogP contribution in [0.15, 0.2) is 48.5 Å². The summed E-state index contributed by atoms with van der Waals surface area (Å²) in [6.07, 6.45) is 0.175. The maximum atomic E-state index is 13.5. The molecule has 0 N–H and O–H groups in total. The lowest BCUT2D eigenvalue weighted by Gasteiger charge is -2.37. The minimum Gasteiger partial charge on any atom is -0.497 e. The Bertz CT molecular complexity index is 894. The van der Waals surface area contributed by atoms with Crippen LogP contribution in [0, 0.1) is 11.7 Å². The van der Waals surface area contributed by atoms with Crippen LogP contribution in [0.5, 0.6) is 5.75 Å². The molecule has 0 bridgehead atoms. The van der Waals surface area contributed by atoms with E-state index in [1.165, 1.54) is 17.0 Å². The molecule has 0 radical (unpaired) electrons. The first-order chi connectivity index (χ1) is 14.0.